The summed E-state index contributed by atoms with van der Waals surface area (Å²) in [4.78, 5) is 2.73. The molecule has 1 atom stereocenters. The Morgan fingerprint density at radius 1 is 1.06 bits per heavy atom. The van der Waals surface area contributed by atoms with E-state index in [9.17, 15) is 0 Å². The van der Waals surface area contributed by atoms with Gasteiger partial charge in [0, 0.05) is 25.2 Å². The monoisotopic (exact) mass is 224 g/mol. The highest BCUT2D eigenvalue weighted by atomic mass is 15.2. The number of hydrogen-bond donors (Lipinski definition) is 1. The van der Waals surface area contributed by atoms with Crippen LogP contribution in [0.15, 0.2) is 0 Å². The Balaban J connectivity index is 1.66. The fourth-order valence-corrected chi connectivity index (χ4v) is 2.40. The molecule has 0 spiro atoms. The Hall–Kier alpha value is -0.0800. The summed E-state index contributed by atoms with van der Waals surface area (Å²) in [7, 11) is 0. The Kier molecular flexibility index (Phi) is 4.26. The smallest absolute Gasteiger partial charge is 0.00966 e. The molecule has 0 aliphatic heterocycles. The lowest BCUT2D eigenvalue weighted by molar-refractivity contribution is 0.202. The largest absolute Gasteiger partial charge is 0.314 e. The Morgan fingerprint density at radius 2 is 1.75 bits per heavy atom. The van der Waals surface area contributed by atoms with Crippen LogP contribution >= 0.6 is 0 Å². The summed E-state index contributed by atoms with van der Waals surface area (Å²) in [6, 6.07) is 1.78. The molecule has 94 valence electrons. The molecule has 0 amide bonds. The maximum Gasteiger partial charge on any atom is 0.00966 e. The molecule has 2 aliphatic carbocycles. The maximum atomic E-state index is 3.65. The molecule has 0 radical (unpaired) electrons. The van der Waals surface area contributed by atoms with E-state index >= 15 is 0 Å². The average molecular weight is 224 g/mol. The zero-order chi connectivity index (χ0) is 11.5. The van der Waals surface area contributed by atoms with Gasteiger partial charge in [0.05, 0.1) is 0 Å². The fourth-order valence-electron chi connectivity index (χ4n) is 2.40. The van der Waals surface area contributed by atoms with Crippen molar-refractivity contribution in [3.63, 3.8) is 0 Å². The van der Waals surface area contributed by atoms with Crippen LogP contribution < -0.4 is 5.32 Å². The van der Waals surface area contributed by atoms with E-state index in [1.165, 1.54) is 45.3 Å². The van der Waals surface area contributed by atoms with Crippen LogP contribution in [-0.2, 0) is 0 Å². The molecule has 0 aromatic heterocycles. The van der Waals surface area contributed by atoms with Crippen LogP contribution in [0, 0.1) is 11.8 Å². The summed E-state index contributed by atoms with van der Waals surface area (Å²) in [6.07, 6.45) is 5.70. The van der Waals surface area contributed by atoms with E-state index in [1.54, 1.807) is 0 Å². The van der Waals surface area contributed by atoms with Gasteiger partial charge in [-0.2, -0.15) is 0 Å². The van der Waals surface area contributed by atoms with Crippen molar-refractivity contribution in [3.05, 3.63) is 0 Å². The zero-order valence-electron chi connectivity index (χ0n) is 11.2. The van der Waals surface area contributed by atoms with E-state index < -0.39 is 0 Å². The third-order valence-corrected chi connectivity index (χ3v) is 3.54. The van der Waals surface area contributed by atoms with Crippen molar-refractivity contribution < 1.29 is 0 Å². The van der Waals surface area contributed by atoms with Crippen LogP contribution in [0.1, 0.15) is 46.5 Å². The molecular weight excluding hydrogens is 196 g/mol. The van der Waals surface area contributed by atoms with Gasteiger partial charge in [-0.25, -0.2) is 0 Å². The molecule has 2 saturated carbocycles. The van der Waals surface area contributed by atoms with Gasteiger partial charge in [-0.15, -0.1) is 0 Å². The molecule has 2 aliphatic rings. The molecule has 1 unspecified atom stereocenters. The van der Waals surface area contributed by atoms with Crippen LogP contribution in [-0.4, -0.2) is 36.6 Å². The minimum atomic E-state index is 0.806. The first kappa shape index (κ1) is 12.4. The van der Waals surface area contributed by atoms with Gasteiger partial charge in [0.1, 0.15) is 0 Å². The minimum Gasteiger partial charge on any atom is -0.314 e. The summed E-state index contributed by atoms with van der Waals surface area (Å²) in [5.74, 6) is 1.61. The lowest BCUT2D eigenvalue weighted by atomic mass is 10.1. The highest BCUT2D eigenvalue weighted by molar-refractivity contribution is 4.87. The second kappa shape index (κ2) is 5.50. The van der Waals surface area contributed by atoms with Gasteiger partial charge in [-0.1, -0.05) is 20.8 Å². The Morgan fingerprint density at radius 3 is 2.25 bits per heavy atom. The van der Waals surface area contributed by atoms with Gasteiger partial charge in [0.25, 0.3) is 0 Å². The lowest BCUT2D eigenvalue weighted by Crippen LogP contribution is -2.37. The number of rotatable bonds is 8. The molecule has 2 nitrogen and oxygen atoms in total. The predicted molar refractivity (Wildman–Crippen MR) is 69.6 cm³/mol. The first-order valence-electron chi connectivity index (χ1n) is 7.12. The van der Waals surface area contributed by atoms with Crippen molar-refractivity contribution in [1.82, 2.24) is 10.2 Å². The molecular formula is C14H28N2. The molecule has 2 rings (SSSR count). The summed E-state index contributed by atoms with van der Waals surface area (Å²) in [6.45, 7) is 10.9. The summed E-state index contributed by atoms with van der Waals surface area (Å²) in [5, 5.41) is 3.65. The van der Waals surface area contributed by atoms with Gasteiger partial charge in [-0.05, 0) is 44.1 Å². The van der Waals surface area contributed by atoms with Crippen LogP contribution in [0.3, 0.4) is 0 Å². The van der Waals surface area contributed by atoms with E-state index in [0.29, 0.717) is 0 Å². The van der Waals surface area contributed by atoms with Gasteiger partial charge in [0.15, 0.2) is 0 Å². The van der Waals surface area contributed by atoms with Crippen molar-refractivity contribution in [1.29, 1.82) is 0 Å². The zero-order valence-corrected chi connectivity index (χ0v) is 11.2. The van der Waals surface area contributed by atoms with Crippen molar-refractivity contribution in [2.45, 2.75) is 58.5 Å². The van der Waals surface area contributed by atoms with Gasteiger partial charge in [-0.3, -0.25) is 4.90 Å². The molecule has 0 bridgehead atoms. The summed E-state index contributed by atoms with van der Waals surface area (Å²) in [5.41, 5.74) is 0. The van der Waals surface area contributed by atoms with E-state index in [0.717, 1.165) is 23.9 Å². The number of nitrogens with zero attached hydrogens (tertiary/aromatic N) is 1. The quantitative estimate of drug-likeness (QED) is 0.681. The van der Waals surface area contributed by atoms with E-state index in [-0.39, 0.29) is 0 Å². The number of hydrogen-bond acceptors (Lipinski definition) is 2. The Labute approximate surface area is 101 Å². The second-order valence-electron chi connectivity index (χ2n) is 6.37. The van der Waals surface area contributed by atoms with E-state index in [1.807, 2.05) is 0 Å². The van der Waals surface area contributed by atoms with Gasteiger partial charge < -0.3 is 5.32 Å². The normalized spacial score (nSPS) is 23.1. The second-order valence-corrected chi connectivity index (χ2v) is 6.37. The van der Waals surface area contributed by atoms with Crippen molar-refractivity contribution in [2.75, 3.05) is 19.6 Å². The standard InChI is InChI=1S/C14H28N2/c1-11(2)9-16(14-6-7-14)10-12(3)8-15-13-4-5-13/h11-15H,4-10H2,1-3H3. The van der Waals surface area contributed by atoms with Crippen LogP contribution in [0.2, 0.25) is 0 Å². The van der Waals surface area contributed by atoms with E-state index in [4.69, 9.17) is 0 Å². The SMILES string of the molecule is CC(C)CN(CC(C)CNC1CC1)C1CC1. The molecule has 16 heavy (non-hydrogen) atoms. The average Bonchev–Trinajstić information content (AvgIpc) is 3.05. The predicted octanol–water partition coefficient (Wildman–Crippen LogP) is 2.49. The third-order valence-electron chi connectivity index (χ3n) is 3.54. The van der Waals surface area contributed by atoms with Crippen LogP contribution in [0.4, 0.5) is 0 Å². The lowest BCUT2D eigenvalue weighted by Gasteiger charge is -2.27. The van der Waals surface area contributed by atoms with Crippen molar-refractivity contribution in [2.24, 2.45) is 11.8 Å². The number of nitrogens with one attached hydrogen (secondary N) is 1. The maximum absolute atomic E-state index is 3.65. The molecule has 2 heteroatoms. The summed E-state index contributed by atoms with van der Waals surface area (Å²) >= 11 is 0. The highest BCUT2D eigenvalue weighted by Gasteiger charge is 2.30. The van der Waals surface area contributed by atoms with Gasteiger partial charge in [0.2, 0.25) is 0 Å². The highest BCUT2D eigenvalue weighted by Crippen LogP contribution is 2.28. The summed E-state index contributed by atoms with van der Waals surface area (Å²) < 4.78 is 0. The molecule has 0 aromatic carbocycles. The van der Waals surface area contributed by atoms with E-state index in [2.05, 4.69) is 31.0 Å². The third kappa shape index (κ3) is 4.42. The fraction of sp³-hybridized carbons (Fsp3) is 1.00. The van der Waals surface area contributed by atoms with Crippen LogP contribution in [0.25, 0.3) is 0 Å². The molecule has 1 N–H and O–H groups in total. The molecule has 0 heterocycles. The molecule has 2 fully saturated rings. The van der Waals surface area contributed by atoms with Crippen LogP contribution in [0.5, 0.6) is 0 Å². The van der Waals surface area contributed by atoms with Crippen molar-refractivity contribution in [3.8, 4) is 0 Å². The topological polar surface area (TPSA) is 15.3 Å². The van der Waals surface area contributed by atoms with Gasteiger partial charge >= 0.3 is 0 Å². The molecule has 0 saturated heterocycles. The van der Waals surface area contributed by atoms with Crippen molar-refractivity contribution >= 4 is 0 Å². The first-order valence-corrected chi connectivity index (χ1v) is 7.12. The molecule has 0 aromatic rings. The minimum absolute atomic E-state index is 0.806. The Bertz CT molecular complexity index is 207. The first-order chi connectivity index (χ1) is 7.65.